The van der Waals surface area contributed by atoms with Crippen molar-refractivity contribution in [3.05, 3.63) is 47.0 Å². The van der Waals surface area contributed by atoms with Crippen LogP contribution in [-0.4, -0.2) is 51.8 Å². The number of rotatable bonds is 5. The van der Waals surface area contributed by atoms with Gasteiger partial charge in [-0.05, 0) is 71.9 Å². The fourth-order valence-corrected chi connectivity index (χ4v) is 8.74. The second-order valence-electron chi connectivity index (χ2n) is 13.9. The Hall–Kier alpha value is -3.65. The molecule has 43 heavy (non-hydrogen) atoms. The second kappa shape index (κ2) is 9.94. The van der Waals surface area contributed by atoms with Gasteiger partial charge in [0.05, 0.1) is 18.6 Å². The number of phenols is 1. The smallest absolute Gasteiger partial charge is 0.190 e. The minimum Gasteiger partial charge on any atom is -0.507 e. The number of aromatic hydroxyl groups is 1. The minimum absolute atomic E-state index is 0.0166. The van der Waals surface area contributed by atoms with Crippen molar-refractivity contribution in [3.63, 3.8) is 0 Å². The van der Waals surface area contributed by atoms with Gasteiger partial charge in [0.15, 0.2) is 28.7 Å². The molecule has 2 aromatic carbocycles. The van der Waals surface area contributed by atoms with Crippen molar-refractivity contribution in [2.45, 2.75) is 72.8 Å². The summed E-state index contributed by atoms with van der Waals surface area (Å²) >= 11 is 0. The van der Waals surface area contributed by atoms with Gasteiger partial charge in [0, 0.05) is 16.9 Å². The lowest BCUT2D eigenvalue weighted by molar-refractivity contribution is -0.205. The summed E-state index contributed by atoms with van der Waals surface area (Å²) in [5.41, 5.74) is -2.75. The minimum atomic E-state index is -2.71. The van der Waals surface area contributed by atoms with Gasteiger partial charge in [-0.2, -0.15) is 0 Å². The van der Waals surface area contributed by atoms with Crippen LogP contribution in [0.5, 0.6) is 11.5 Å². The number of benzene rings is 2. The number of ether oxygens (including phenoxy) is 1. The summed E-state index contributed by atoms with van der Waals surface area (Å²) in [6, 6.07) is 8.91. The molecule has 3 unspecified atom stereocenters. The van der Waals surface area contributed by atoms with Gasteiger partial charge in [-0.3, -0.25) is 24.0 Å². The third kappa shape index (κ3) is 4.01. The summed E-state index contributed by atoms with van der Waals surface area (Å²) in [4.78, 5) is 69.2. The van der Waals surface area contributed by atoms with Gasteiger partial charge >= 0.3 is 0 Å². The molecule has 0 radical (unpaired) electrons. The zero-order valence-corrected chi connectivity index (χ0v) is 26.0. The summed E-state index contributed by atoms with van der Waals surface area (Å²) in [5.74, 6) is -8.37. The molecule has 2 N–H and O–H groups in total. The van der Waals surface area contributed by atoms with E-state index < -0.39 is 63.1 Å². The standard InChI is InChI=1S/C35H40O8/c1-16(2)21-13-22(19-9-11-20(43-8)12-10-19)28(37)25-23(21)14-33(6)15-34(7)26(17(3)4)29(38)24(18(5)36)31(40)35(34,42)32(41)27(33)30(25)39/h9-13,16-17,24,26-27,37,42H,14-15H2,1-8H3/t24?,26?,27?,33-,34-,35+/m1/s1. The van der Waals surface area contributed by atoms with E-state index in [2.05, 4.69) is 0 Å². The maximum atomic E-state index is 14.5. The first-order valence-electron chi connectivity index (χ1n) is 14.9. The number of aliphatic hydroxyl groups is 1. The molecule has 8 heteroatoms. The lowest BCUT2D eigenvalue weighted by Crippen LogP contribution is -2.76. The van der Waals surface area contributed by atoms with Crippen LogP contribution in [0.15, 0.2) is 30.3 Å². The van der Waals surface area contributed by atoms with Crippen LogP contribution < -0.4 is 4.74 Å². The maximum Gasteiger partial charge on any atom is 0.190 e. The van der Waals surface area contributed by atoms with Crippen molar-refractivity contribution >= 4 is 28.9 Å². The molecular formula is C35H40O8. The molecule has 0 heterocycles. The maximum absolute atomic E-state index is 14.5. The average Bonchev–Trinajstić information content (AvgIpc) is 2.90. The van der Waals surface area contributed by atoms with Gasteiger partial charge in [-0.25, -0.2) is 0 Å². The summed E-state index contributed by atoms with van der Waals surface area (Å²) in [7, 11) is 1.55. The van der Waals surface area contributed by atoms with Gasteiger partial charge in [0.2, 0.25) is 0 Å². The van der Waals surface area contributed by atoms with Crippen molar-refractivity contribution in [2.24, 2.45) is 34.5 Å². The monoisotopic (exact) mass is 588 g/mol. The van der Waals surface area contributed by atoms with Crippen molar-refractivity contribution in [2.75, 3.05) is 7.11 Å². The SMILES string of the molecule is COc1ccc(-c2cc(C(C)C)c3c(c2O)C(=O)C2C(=O)[C@@]4(O)C(=O)C(C(C)=O)C(=O)C(C(C)C)[C@@]4(C)C[C@@]2(C)C3)cc1. The van der Waals surface area contributed by atoms with E-state index in [0.29, 0.717) is 22.4 Å². The fourth-order valence-electron chi connectivity index (χ4n) is 8.74. The molecule has 3 aliphatic rings. The van der Waals surface area contributed by atoms with Gasteiger partial charge < -0.3 is 14.9 Å². The number of carbonyl (C=O) groups excluding carboxylic acids is 5. The van der Waals surface area contributed by atoms with E-state index in [1.165, 1.54) is 0 Å². The Morgan fingerprint density at radius 2 is 1.60 bits per heavy atom. The number of methoxy groups -OCH3 is 1. The predicted octanol–water partition coefficient (Wildman–Crippen LogP) is 4.89. The molecule has 5 rings (SSSR count). The molecule has 3 aliphatic carbocycles. The van der Waals surface area contributed by atoms with Crippen LogP contribution >= 0.6 is 0 Å². The van der Waals surface area contributed by atoms with Gasteiger partial charge in [0.25, 0.3) is 0 Å². The van der Waals surface area contributed by atoms with E-state index in [1.807, 2.05) is 19.9 Å². The molecule has 0 spiro atoms. The fraction of sp³-hybridized carbons (Fsp3) is 0.514. The molecule has 228 valence electrons. The highest BCUT2D eigenvalue weighted by Crippen LogP contribution is 2.64. The predicted molar refractivity (Wildman–Crippen MR) is 159 cm³/mol. The number of phenolic OH excluding ortho intramolecular Hbond substituents is 1. The van der Waals surface area contributed by atoms with E-state index >= 15 is 0 Å². The number of ketones is 5. The highest BCUT2D eigenvalue weighted by atomic mass is 16.5. The van der Waals surface area contributed by atoms with Gasteiger partial charge in [-0.1, -0.05) is 53.7 Å². The summed E-state index contributed by atoms with van der Waals surface area (Å²) in [6.07, 6.45) is 0.255. The molecule has 0 aliphatic heterocycles. The largest absolute Gasteiger partial charge is 0.507 e. The third-order valence-electron chi connectivity index (χ3n) is 10.4. The Balaban J connectivity index is 1.75. The lowest BCUT2D eigenvalue weighted by Gasteiger charge is -2.62. The van der Waals surface area contributed by atoms with Crippen molar-refractivity contribution in [1.82, 2.24) is 0 Å². The molecule has 0 aromatic heterocycles. The van der Waals surface area contributed by atoms with Crippen LogP contribution in [-0.2, 0) is 25.6 Å². The van der Waals surface area contributed by atoms with Crippen molar-refractivity contribution in [1.29, 1.82) is 0 Å². The third-order valence-corrected chi connectivity index (χ3v) is 10.4. The summed E-state index contributed by atoms with van der Waals surface area (Å²) < 4.78 is 5.26. The van der Waals surface area contributed by atoms with E-state index in [1.54, 1.807) is 59.1 Å². The van der Waals surface area contributed by atoms with Crippen LogP contribution in [0.4, 0.5) is 0 Å². The Bertz CT molecular complexity index is 1580. The number of hydrogen-bond acceptors (Lipinski definition) is 8. The van der Waals surface area contributed by atoms with E-state index in [0.717, 1.165) is 12.5 Å². The Kier molecular flexibility index (Phi) is 7.12. The molecule has 6 atom stereocenters. The molecule has 0 amide bonds. The average molecular weight is 589 g/mol. The number of Topliss-reactive ketones (excluding diaryl/α,β-unsaturated/α-hetero) is 5. The lowest BCUT2D eigenvalue weighted by atomic mass is 9.39. The van der Waals surface area contributed by atoms with Crippen LogP contribution in [0.3, 0.4) is 0 Å². The molecule has 0 bridgehead atoms. The van der Waals surface area contributed by atoms with Crippen LogP contribution in [0, 0.1) is 34.5 Å². The summed E-state index contributed by atoms with van der Waals surface area (Å²) in [5, 5.41) is 23.9. The van der Waals surface area contributed by atoms with E-state index in [4.69, 9.17) is 4.74 Å². The second-order valence-corrected chi connectivity index (χ2v) is 13.9. The zero-order valence-electron chi connectivity index (χ0n) is 26.0. The normalized spacial score (nSPS) is 32.0. The molecule has 2 fully saturated rings. The topological polar surface area (TPSA) is 135 Å². The van der Waals surface area contributed by atoms with Crippen LogP contribution in [0.2, 0.25) is 0 Å². The quantitative estimate of drug-likeness (QED) is 0.472. The van der Waals surface area contributed by atoms with Crippen LogP contribution in [0.25, 0.3) is 11.1 Å². The molecule has 8 nitrogen and oxygen atoms in total. The first kappa shape index (κ1) is 30.8. The Morgan fingerprint density at radius 3 is 2.12 bits per heavy atom. The number of carbonyl (C=O) groups is 5. The van der Waals surface area contributed by atoms with Crippen LogP contribution in [0.1, 0.15) is 82.3 Å². The van der Waals surface area contributed by atoms with E-state index in [-0.39, 0.29) is 36.0 Å². The highest BCUT2D eigenvalue weighted by Gasteiger charge is 2.76. The summed E-state index contributed by atoms with van der Waals surface area (Å²) in [6.45, 7) is 12.0. The first-order chi connectivity index (χ1) is 20.0. The zero-order chi connectivity index (χ0) is 32.0. The molecule has 2 saturated carbocycles. The number of fused-ring (bicyclic) bond motifs is 3. The molecular weight excluding hydrogens is 548 g/mol. The molecule has 0 saturated heterocycles. The Labute approximate surface area is 251 Å². The van der Waals surface area contributed by atoms with Crippen molar-refractivity contribution < 1.29 is 38.9 Å². The van der Waals surface area contributed by atoms with Gasteiger partial charge in [0.1, 0.15) is 23.2 Å². The van der Waals surface area contributed by atoms with Gasteiger partial charge in [-0.15, -0.1) is 0 Å². The van der Waals surface area contributed by atoms with E-state index in [9.17, 15) is 34.2 Å². The Morgan fingerprint density at radius 1 is 1.00 bits per heavy atom. The number of hydrogen-bond donors (Lipinski definition) is 2. The molecule has 2 aromatic rings. The first-order valence-corrected chi connectivity index (χ1v) is 14.9. The van der Waals surface area contributed by atoms with Crippen molar-refractivity contribution in [3.8, 4) is 22.6 Å². The highest BCUT2D eigenvalue weighted by molar-refractivity contribution is 6.32.